The summed E-state index contributed by atoms with van der Waals surface area (Å²) < 4.78 is 6.93. The smallest absolute Gasteiger partial charge is 0.274 e. The molecule has 1 aliphatic rings. The second-order valence-electron chi connectivity index (χ2n) is 6.50. The van der Waals surface area contributed by atoms with E-state index >= 15 is 0 Å². The minimum atomic E-state index is -0.779. The van der Waals surface area contributed by atoms with Gasteiger partial charge in [0.05, 0.1) is 0 Å². The monoisotopic (exact) mass is 322 g/mol. The van der Waals surface area contributed by atoms with Gasteiger partial charge in [-0.3, -0.25) is 14.2 Å². The van der Waals surface area contributed by atoms with Gasteiger partial charge in [0.1, 0.15) is 18.0 Å². The van der Waals surface area contributed by atoms with Crippen LogP contribution in [0.25, 0.3) is 0 Å². The predicted octanol–water partition coefficient (Wildman–Crippen LogP) is 1.73. The quantitative estimate of drug-likeness (QED) is 0.862. The molecule has 0 spiro atoms. The molecule has 1 heterocycles. The molecule has 7 heteroatoms. The fourth-order valence-electron chi connectivity index (χ4n) is 2.97. The lowest BCUT2D eigenvalue weighted by atomic mass is 10.1. The van der Waals surface area contributed by atoms with Crippen molar-refractivity contribution >= 4 is 5.91 Å². The number of nitrogens with one attached hydrogen (secondary N) is 1. The first-order valence-electron chi connectivity index (χ1n) is 8.21. The third kappa shape index (κ3) is 3.77. The molecule has 1 unspecified atom stereocenters. The fraction of sp³-hybridized carbons (Fsp3) is 0.750. The van der Waals surface area contributed by atoms with Crippen molar-refractivity contribution in [3.05, 3.63) is 22.4 Å². The molecule has 1 aliphatic carbocycles. The van der Waals surface area contributed by atoms with Gasteiger partial charge in [-0.05, 0) is 33.1 Å². The summed E-state index contributed by atoms with van der Waals surface area (Å²) in [7, 11) is 1.56. The van der Waals surface area contributed by atoms with E-state index in [9.17, 15) is 9.59 Å². The highest BCUT2D eigenvalue weighted by Gasteiger charge is 2.31. The van der Waals surface area contributed by atoms with Gasteiger partial charge in [-0.2, -0.15) is 5.10 Å². The zero-order valence-electron chi connectivity index (χ0n) is 14.3. The van der Waals surface area contributed by atoms with Gasteiger partial charge >= 0.3 is 0 Å². The van der Waals surface area contributed by atoms with E-state index in [1.54, 1.807) is 7.11 Å². The average molecular weight is 322 g/mol. The number of ether oxygens (including phenoxy) is 1. The lowest BCUT2D eigenvalue weighted by Gasteiger charge is -2.29. The molecule has 2 rings (SSSR count). The second-order valence-corrected chi connectivity index (χ2v) is 6.50. The molecule has 0 saturated heterocycles. The highest BCUT2D eigenvalue weighted by molar-refractivity contribution is 5.79. The Bertz CT molecular complexity index is 606. The van der Waals surface area contributed by atoms with E-state index in [0.717, 1.165) is 25.7 Å². The fourth-order valence-corrected chi connectivity index (χ4v) is 2.97. The van der Waals surface area contributed by atoms with Crippen molar-refractivity contribution in [2.24, 2.45) is 5.92 Å². The maximum Gasteiger partial charge on any atom is 0.274 e. The van der Waals surface area contributed by atoms with E-state index in [1.807, 2.05) is 20.8 Å². The van der Waals surface area contributed by atoms with Gasteiger partial charge < -0.3 is 10.1 Å². The van der Waals surface area contributed by atoms with Crippen LogP contribution in [0.5, 0.6) is 0 Å². The maximum absolute atomic E-state index is 12.4. The van der Waals surface area contributed by atoms with Crippen molar-refractivity contribution in [3.63, 3.8) is 0 Å². The molecule has 1 N–H and O–H groups in total. The van der Waals surface area contributed by atoms with Gasteiger partial charge in [-0.15, -0.1) is 5.10 Å². The number of carbonyl (C=O) groups excluding carboxylic acids is 1. The van der Waals surface area contributed by atoms with Crippen LogP contribution in [0, 0.1) is 5.92 Å². The first-order valence-corrected chi connectivity index (χ1v) is 8.21. The van der Waals surface area contributed by atoms with Crippen molar-refractivity contribution in [1.82, 2.24) is 20.1 Å². The Kier molecular flexibility index (Phi) is 5.51. The summed E-state index contributed by atoms with van der Waals surface area (Å²) in [4.78, 5) is 24.8. The summed E-state index contributed by atoms with van der Waals surface area (Å²) in [6.07, 6.45) is 5.32. The Morgan fingerprint density at radius 2 is 2.13 bits per heavy atom. The van der Waals surface area contributed by atoms with Gasteiger partial charge in [0.2, 0.25) is 5.91 Å². The molecular formula is C16H26N4O3. The second kappa shape index (κ2) is 7.21. The number of carbonyl (C=O) groups is 1. The maximum atomic E-state index is 12.4. The Hall–Kier alpha value is -1.76. The van der Waals surface area contributed by atoms with Crippen molar-refractivity contribution in [2.75, 3.05) is 7.11 Å². The zero-order valence-corrected chi connectivity index (χ0v) is 14.3. The summed E-state index contributed by atoms with van der Waals surface area (Å²) >= 11 is 0. The van der Waals surface area contributed by atoms with Gasteiger partial charge in [0.25, 0.3) is 5.56 Å². The number of amides is 1. The molecule has 1 atom stereocenters. The van der Waals surface area contributed by atoms with Crippen LogP contribution in [-0.4, -0.2) is 27.8 Å². The van der Waals surface area contributed by atoms with Crippen LogP contribution < -0.4 is 10.9 Å². The summed E-state index contributed by atoms with van der Waals surface area (Å²) in [5, 5.41) is 10.9. The molecule has 0 bridgehead atoms. The number of rotatable bonds is 6. The van der Waals surface area contributed by atoms with Crippen molar-refractivity contribution in [1.29, 1.82) is 0 Å². The first-order chi connectivity index (χ1) is 10.9. The Morgan fingerprint density at radius 1 is 1.48 bits per heavy atom. The molecule has 0 aliphatic heterocycles. The summed E-state index contributed by atoms with van der Waals surface area (Å²) in [5.41, 5.74) is -1.07. The van der Waals surface area contributed by atoms with E-state index in [4.69, 9.17) is 4.74 Å². The van der Waals surface area contributed by atoms with Crippen LogP contribution in [-0.2, 0) is 15.1 Å². The van der Waals surface area contributed by atoms with Crippen LogP contribution in [0.2, 0.25) is 0 Å². The Labute approximate surface area is 136 Å². The van der Waals surface area contributed by atoms with Crippen LogP contribution in [0.3, 0.4) is 0 Å². The lowest BCUT2D eigenvalue weighted by Crippen LogP contribution is -2.44. The van der Waals surface area contributed by atoms with E-state index in [-0.39, 0.29) is 17.4 Å². The van der Waals surface area contributed by atoms with Crippen molar-refractivity contribution in [3.8, 4) is 0 Å². The minimum Gasteiger partial charge on any atom is -0.371 e. The summed E-state index contributed by atoms with van der Waals surface area (Å²) in [6, 6.07) is 0. The van der Waals surface area contributed by atoms with Gasteiger partial charge in [-0.25, -0.2) is 0 Å². The predicted molar refractivity (Wildman–Crippen MR) is 85.8 cm³/mol. The van der Waals surface area contributed by atoms with Gasteiger partial charge in [-0.1, -0.05) is 19.8 Å². The van der Waals surface area contributed by atoms with Crippen molar-refractivity contribution < 1.29 is 9.53 Å². The summed E-state index contributed by atoms with van der Waals surface area (Å²) in [6.45, 7) is 5.56. The van der Waals surface area contributed by atoms with E-state index < -0.39 is 11.8 Å². The van der Waals surface area contributed by atoms with Gasteiger partial charge in [0, 0.05) is 13.0 Å². The molecule has 1 amide bonds. The van der Waals surface area contributed by atoms with Crippen LogP contribution in [0.1, 0.15) is 64.9 Å². The SMILES string of the molecule is CCC(NC(=O)C1CCCC1)n1c(C(C)(C)OC)nncc1=O. The highest BCUT2D eigenvalue weighted by atomic mass is 16.5. The topological polar surface area (TPSA) is 86.1 Å². The normalized spacial score (nSPS) is 17.2. The van der Waals surface area contributed by atoms with E-state index in [1.165, 1.54) is 10.8 Å². The molecule has 128 valence electrons. The number of aromatic nitrogens is 3. The lowest BCUT2D eigenvalue weighted by molar-refractivity contribution is -0.126. The summed E-state index contributed by atoms with van der Waals surface area (Å²) in [5.74, 6) is 0.471. The molecule has 7 nitrogen and oxygen atoms in total. The molecular weight excluding hydrogens is 296 g/mol. The number of hydrogen-bond donors (Lipinski definition) is 1. The third-order valence-corrected chi connectivity index (χ3v) is 4.57. The van der Waals surface area contributed by atoms with Crippen molar-refractivity contribution in [2.45, 2.75) is 64.6 Å². The van der Waals surface area contributed by atoms with Gasteiger partial charge in [0.15, 0.2) is 5.82 Å². The molecule has 0 radical (unpaired) electrons. The molecule has 1 saturated carbocycles. The minimum absolute atomic E-state index is 0.0132. The molecule has 1 aromatic heterocycles. The number of hydrogen-bond acceptors (Lipinski definition) is 5. The molecule has 23 heavy (non-hydrogen) atoms. The molecule has 0 aromatic carbocycles. The standard InChI is InChI=1S/C16H26N4O3/c1-5-12(18-14(22)11-8-6-7-9-11)20-13(21)10-17-19-15(20)16(2,3)23-4/h10-12H,5-9H2,1-4H3,(H,18,22). The largest absolute Gasteiger partial charge is 0.371 e. The zero-order chi connectivity index (χ0) is 17.0. The van der Waals surface area contributed by atoms with Crippen LogP contribution in [0.15, 0.2) is 11.0 Å². The van der Waals surface area contributed by atoms with E-state index in [0.29, 0.717) is 12.2 Å². The van der Waals surface area contributed by atoms with E-state index in [2.05, 4.69) is 15.5 Å². The Morgan fingerprint density at radius 3 is 2.70 bits per heavy atom. The number of methoxy groups -OCH3 is 1. The van der Waals surface area contributed by atoms with Crippen LogP contribution >= 0.6 is 0 Å². The molecule has 1 aromatic rings. The first kappa shape index (κ1) is 17.6. The highest BCUT2D eigenvalue weighted by Crippen LogP contribution is 2.26. The molecule has 1 fully saturated rings. The Balaban J connectivity index is 2.33. The number of nitrogens with zero attached hydrogens (tertiary/aromatic N) is 3. The van der Waals surface area contributed by atoms with Crippen LogP contribution in [0.4, 0.5) is 0 Å². The average Bonchev–Trinajstić information content (AvgIpc) is 3.07. The third-order valence-electron chi connectivity index (χ3n) is 4.57.